The van der Waals surface area contributed by atoms with Crippen molar-refractivity contribution < 1.29 is 14.7 Å². The second-order valence-electron chi connectivity index (χ2n) is 3.07. The fourth-order valence-electron chi connectivity index (χ4n) is 0.880. The number of carboxylic acid groups (broad SMARTS) is 1. The third-order valence-electron chi connectivity index (χ3n) is 2.02. The summed E-state index contributed by atoms with van der Waals surface area (Å²) >= 11 is 0. The topological polar surface area (TPSA) is 121 Å². The van der Waals surface area contributed by atoms with Crippen LogP contribution in [0.4, 0.5) is 0 Å². The lowest BCUT2D eigenvalue weighted by Crippen LogP contribution is -2.25. The van der Waals surface area contributed by atoms with Gasteiger partial charge in [-0.25, -0.2) is 4.79 Å². The Morgan fingerprint density at radius 3 is 2.56 bits per heavy atom. The summed E-state index contributed by atoms with van der Waals surface area (Å²) in [6.45, 7) is 2.90. The van der Waals surface area contributed by atoms with Gasteiger partial charge in [0.15, 0.2) is 5.82 Å². The van der Waals surface area contributed by atoms with Crippen LogP contribution in [0.1, 0.15) is 19.7 Å². The van der Waals surface area contributed by atoms with E-state index in [2.05, 4.69) is 25.9 Å². The highest BCUT2D eigenvalue weighted by atomic mass is 16.4. The minimum absolute atomic E-state index is 0.00520. The van der Waals surface area contributed by atoms with Gasteiger partial charge in [0, 0.05) is 11.1 Å². The molecule has 0 spiro atoms. The Morgan fingerprint density at radius 1 is 1.38 bits per heavy atom. The third kappa shape index (κ3) is 2.87. The number of rotatable bonds is 4. The van der Waals surface area contributed by atoms with Gasteiger partial charge in [-0.05, 0) is 13.8 Å². The molecule has 1 heterocycles. The zero-order chi connectivity index (χ0) is 12.1. The highest BCUT2D eigenvalue weighted by Gasteiger charge is 2.12. The van der Waals surface area contributed by atoms with Crippen LogP contribution in [0, 0.1) is 0 Å². The lowest BCUT2D eigenvalue weighted by Gasteiger charge is -2.04. The van der Waals surface area contributed by atoms with Crippen LogP contribution in [0.25, 0.3) is 0 Å². The van der Waals surface area contributed by atoms with E-state index in [9.17, 15) is 9.59 Å². The first-order valence-corrected chi connectivity index (χ1v) is 4.43. The molecule has 0 atom stereocenters. The normalized spacial score (nSPS) is 11.9. The summed E-state index contributed by atoms with van der Waals surface area (Å²) in [5, 5.41) is 24.0. The molecule has 0 aliphatic rings. The number of hydrogen-bond donors (Lipinski definition) is 3. The molecule has 8 heteroatoms. The molecule has 0 bridgehead atoms. The number of hydrogen-bond acceptors (Lipinski definition) is 5. The molecule has 0 saturated carbocycles. The van der Waals surface area contributed by atoms with E-state index in [0.29, 0.717) is 5.82 Å². The van der Waals surface area contributed by atoms with Crippen molar-refractivity contribution in [2.45, 2.75) is 20.4 Å². The molecule has 1 rings (SSSR count). The molecule has 86 valence electrons. The van der Waals surface area contributed by atoms with Gasteiger partial charge in [0.2, 0.25) is 5.91 Å². The van der Waals surface area contributed by atoms with Crippen molar-refractivity contribution in [2.75, 3.05) is 0 Å². The first-order chi connectivity index (χ1) is 7.52. The first-order valence-electron chi connectivity index (χ1n) is 4.43. The molecule has 0 saturated heterocycles. The Hall–Kier alpha value is -2.25. The average molecular weight is 225 g/mol. The highest BCUT2D eigenvalue weighted by Crippen LogP contribution is 2.03. The van der Waals surface area contributed by atoms with E-state index in [-0.39, 0.29) is 17.7 Å². The smallest absolute Gasteiger partial charge is 0.331 e. The number of H-pyrrole nitrogens is 1. The van der Waals surface area contributed by atoms with Gasteiger partial charge in [0.1, 0.15) is 0 Å². The van der Waals surface area contributed by atoms with Crippen molar-refractivity contribution in [1.82, 2.24) is 25.9 Å². The van der Waals surface area contributed by atoms with Gasteiger partial charge >= 0.3 is 5.97 Å². The molecular weight excluding hydrogens is 214 g/mol. The van der Waals surface area contributed by atoms with Gasteiger partial charge in [-0.2, -0.15) is 5.21 Å². The Morgan fingerprint density at radius 2 is 2.06 bits per heavy atom. The van der Waals surface area contributed by atoms with E-state index in [0.717, 1.165) is 0 Å². The molecule has 1 aromatic heterocycles. The molecule has 3 N–H and O–H groups in total. The number of carboxylic acids is 1. The van der Waals surface area contributed by atoms with E-state index in [1.54, 1.807) is 0 Å². The zero-order valence-electron chi connectivity index (χ0n) is 8.81. The van der Waals surface area contributed by atoms with Crippen LogP contribution in [0.5, 0.6) is 0 Å². The van der Waals surface area contributed by atoms with Crippen molar-refractivity contribution in [3.8, 4) is 0 Å². The fourth-order valence-corrected chi connectivity index (χ4v) is 0.880. The third-order valence-corrected chi connectivity index (χ3v) is 2.02. The standard InChI is InChI=1S/C8H11N5O3/c1-4(5(2)8(15)16)7(14)9-3-6-10-12-13-11-6/h3H2,1-2H3,(H,9,14)(H,15,16)(H,10,11,12,13). The first kappa shape index (κ1) is 11.8. The van der Waals surface area contributed by atoms with E-state index in [1.165, 1.54) is 13.8 Å². The summed E-state index contributed by atoms with van der Waals surface area (Å²) in [5.41, 5.74) is 0.154. The van der Waals surface area contributed by atoms with Gasteiger partial charge in [0.25, 0.3) is 0 Å². The van der Waals surface area contributed by atoms with Crippen LogP contribution in [0.15, 0.2) is 11.1 Å². The number of tetrazole rings is 1. The number of aromatic amines is 1. The fraction of sp³-hybridized carbons (Fsp3) is 0.375. The Labute approximate surface area is 90.7 Å². The monoisotopic (exact) mass is 225 g/mol. The van der Waals surface area contributed by atoms with Crippen molar-refractivity contribution in [3.05, 3.63) is 17.0 Å². The molecule has 0 aliphatic heterocycles. The van der Waals surface area contributed by atoms with E-state index in [1.807, 2.05) is 0 Å². The maximum Gasteiger partial charge on any atom is 0.331 e. The highest BCUT2D eigenvalue weighted by molar-refractivity contribution is 6.01. The van der Waals surface area contributed by atoms with E-state index in [4.69, 9.17) is 5.11 Å². The molecule has 0 aliphatic carbocycles. The quantitative estimate of drug-likeness (QED) is 0.579. The summed E-state index contributed by atoms with van der Waals surface area (Å²) < 4.78 is 0. The number of nitrogens with zero attached hydrogens (tertiary/aromatic N) is 3. The SMILES string of the molecule is CC(C(=O)O)=C(C)C(=O)NCc1nn[nH]n1. The minimum atomic E-state index is -1.12. The predicted octanol–water partition coefficient (Wildman–Crippen LogP) is -0.763. The Balaban J connectivity index is 2.59. The van der Waals surface area contributed by atoms with Gasteiger partial charge in [-0.3, -0.25) is 4.79 Å². The van der Waals surface area contributed by atoms with Crippen molar-refractivity contribution in [1.29, 1.82) is 0 Å². The van der Waals surface area contributed by atoms with Crippen molar-refractivity contribution >= 4 is 11.9 Å². The molecule has 16 heavy (non-hydrogen) atoms. The van der Waals surface area contributed by atoms with Crippen molar-refractivity contribution in [2.24, 2.45) is 0 Å². The number of amides is 1. The van der Waals surface area contributed by atoms with Crippen LogP contribution in [0.3, 0.4) is 0 Å². The van der Waals surface area contributed by atoms with Crippen LogP contribution in [-0.4, -0.2) is 37.6 Å². The Bertz CT molecular complexity index is 423. The summed E-state index contributed by atoms with van der Waals surface area (Å²) in [6.07, 6.45) is 0. The maximum atomic E-state index is 11.5. The van der Waals surface area contributed by atoms with Gasteiger partial charge in [-0.15, -0.1) is 10.2 Å². The lowest BCUT2D eigenvalue weighted by molar-refractivity contribution is -0.133. The van der Waals surface area contributed by atoms with Crippen molar-refractivity contribution in [3.63, 3.8) is 0 Å². The molecule has 0 radical (unpaired) electrons. The molecule has 0 fully saturated rings. The van der Waals surface area contributed by atoms with Gasteiger partial charge < -0.3 is 10.4 Å². The van der Waals surface area contributed by atoms with Crippen LogP contribution in [0.2, 0.25) is 0 Å². The predicted molar refractivity (Wildman–Crippen MR) is 52.0 cm³/mol. The van der Waals surface area contributed by atoms with E-state index < -0.39 is 11.9 Å². The second-order valence-corrected chi connectivity index (χ2v) is 3.07. The molecule has 1 amide bonds. The number of aromatic nitrogens is 4. The number of carbonyl (C=O) groups is 2. The minimum Gasteiger partial charge on any atom is -0.478 e. The molecular formula is C8H11N5O3. The average Bonchev–Trinajstić information content (AvgIpc) is 2.76. The zero-order valence-corrected chi connectivity index (χ0v) is 8.81. The number of aliphatic carboxylic acids is 1. The molecule has 1 aromatic rings. The van der Waals surface area contributed by atoms with Crippen LogP contribution < -0.4 is 5.32 Å². The summed E-state index contributed by atoms with van der Waals surface area (Å²) in [5.74, 6) is -1.26. The molecule has 8 nitrogen and oxygen atoms in total. The van der Waals surface area contributed by atoms with Crippen LogP contribution >= 0.6 is 0 Å². The Kier molecular flexibility index (Phi) is 3.70. The largest absolute Gasteiger partial charge is 0.478 e. The number of carbonyl (C=O) groups excluding carboxylic acids is 1. The molecule has 0 unspecified atom stereocenters. The molecule has 0 aromatic carbocycles. The van der Waals surface area contributed by atoms with E-state index >= 15 is 0 Å². The van der Waals surface area contributed by atoms with Gasteiger partial charge in [-0.1, -0.05) is 5.21 Å². The lowest BCUT2D eigenvalue weighted by atomic mass is 10.1. The second kappa shape index (κ2) is 5.01. The summed E-state index contributed by atoms with van der Waals surface area (Å²) in [4.78, 5) is 22.1. The summed E-state index contributed by atoms with van der Waals surface area (Å²) in [7, 11) is 0. The summed E-state index contributed by atoms with van der Waals surface area (Å²) in [6, 6.07) is 0. The van der Waals surface area contributed by atoms with Gasteiger partial charge in [0.05, 0.1) is 6.54 Å². The maximum absolute atomic E-state index is 11.5. The number of nitrogens with one attached hydrogen (secondary N) is 2. The van der Waals surface area contributed by atoms with Crippen LogP contribution in [-0.2, 0) is 16.1 Å².